The Morgan fingerprint density at radius 3 is 3.09 bits per heavy atom. The first-order valence-corrected chi connectivity index (χ1v) is 3.96. The van der Waals surface area contributed by atoms with Gasteiger partial charge in [0.05, 0.1) is 0 Å². The summed E-state index contributed by atoms with van der Waals surface area (Å²) in [7, 11) is 0. The summed E-state index contributed by atoms with van der Waals surface area (Å²) in [5.41, 5.74) is 5.92. The minimum absolute atomic E-state index is 0.377. The molecule has 2 bridgehead atoms. The molecule has 1 nitrogen and oxygen atoms in total. The molecular weight excluding hydrogens is 136 g/mol. The number of hydrogen-bond acceptors (Lipinski definition) is 1. The van der Waals surface area contributed by atoms with Crippen LogP contribution in [-0.2, 0) is 4.74 Å². The molecule has 4 rings (SSSR count). The lowest BCUT2D eigenvalue weighted by Crippen LogP contribution is -1.92. The Balaban J connectivity index is 2.17. The van der Waals surface area contributed by atoms with Gasteiger partial charge in [-0.15, -0.1) is 0 Å². The van der Waals surface area contributed by atoms with Gasteiger partial charge in [-0.2, -0.15) is 0 Å². The molecule has 52 valence electrons. The molecule has 0 radical (unpaired) electrons. The van der Waals surface area contributed by atoms with Crippen molar-refractivity contribution in [1.82, 2.24) is 0 Å². The van der Waals surface area contributed by atoms with E-state index in [9.17, 15) is 0 Å². The van der Waals surface area contributed by atoms with Crippen molar-refractivity contribution in [3.8, 4) is 0 Å². The van der Waals surface area contributed by atoms with Gasteiger partial charge in [0.15, 0.2) is 6.10 Å². The minimum atomic E-state index is 0.377. The largest absolute Gasteiger partial charge is 0.478 e. The van der Waals surface area contributed by atoms with E-state index in [1.54, 1.807) is 0 Å². The smallest absolute Gasteiger partial charge is 0.181 e. The van der Waals surface area contributed by atoms with Crippen LogP contribution in [0.1, 0.15) is 6.42 Å². The summed E-state index contributed by atoms with van der Waals surface area (Å²) in [6.07, 6.45) is 8.20. The van der Waals surface area contributed by atoms with Crippen LogP contribution in [0.3, 0.4) is 0 Å². The molecule has 3 aliphatic carbocycles. The average molecular weight is 142 g/mol. The molecule has 1 aliphatic heterocycles. The molecule has 1 unspecified atom stereocenters. The van der Waals surface area contributed by atoms with Crippen LogP contribution in [0.2, 0.25) is 0 Å². The van der Waals surface area contributed by atoms with Gasteiger partial charge in [-0.05, 0) is 29.2 Å². The van der Waals surface area contributed by atoms with Crippen molar-refractivity contribution < 1.29 is 4.74 Å². The fourth-order valence-electron chi connectivity index (χ4n) is 2.28. The third-order valence-corrected chi connectivity index (χ3v) is 2.85. The molecule has 1 heterocycles. The summed E-state index contributed by atoms with van der Waals surface area (Å²) in [4.78, 5) is 0. The summed E-state index contributed by atoms with van der Waals surface area (Å²) >= 11 is 0. The molecule has 11 heavy (non-hydrogen) atoms. The van der Waals surface area contributed by atoms with E-state index in [1.165, 1.54) is 28.1 Å². The quantitative estimate of drug-likeness (QED) is 0.470. The zero-order chi connectivity index (χ0) is 7.00. The Labute approximate surface area is 64.4 Å². The van der Waals surface area contributed by atoms with E-state index < -0.39 is 0 Å². The number of epoxide rings is 1. The third-order valence-electron chi connectivity index (χ3n) is 2.85. The van der Waals surface area contributed by atoms with Gasteiger partial charge < -0.3 is 4.74 Å². The summed E-state index contributed by atoms with van der Waals surface area (Å²) < 4.78 is 5.35. The van der Waals surface area contributed by atoms with Crippen molar-refractivity contribution in [2.75, 3.05) is 0 Å². The fraction of sp³-hybridized carbons (Fsp3) is 0.200. The molecule has 1 fully saturated rings. The third kappa shape index (κ3) is 0.351. The molecule has 0 aromatic heterocycles. The van der Waals surface area contributed by atoms with Crippen molar-refractivity contribution in [3.63, 3.8) is 0 Å². The molecule has 0 saturated carbocycles. The highest BCUT2D eigenvalue weighted by molar-refractivity contribution is 5.72. The molecule has 1 saturated heterocycles. The Morgan fingerprint density at radius 2 is 2.18 bits per heavy atom. The molecule has 0 N–H and O–H groups in total. The summed E-state index contributed by atoms with van der Waals surface area (Å²) in [5.74, 6) is 1.19. The monoisotopic (exact) mass is 142 g/mol. The van der Waals surface area contributed by atoms with E-state index in [4.69, 9.17) is 4.74 Å². The van der Waals surface area contributed by atoms with Crippen LogP contribution in [-0.4, -0.2) is 6.10 Å². The van der Waals surface area contributed by atoms with Gasteiger partial charge in [-0.3, -0.25) is 0 Å². The standard InChI is InChI=1S/C10H6O/c1-2-6-3-5(1)7-4-8-10(11-8)9(6)7/h1-2,4,10H,3H2. The Hall–Kier alpha value is -1.24. The number of ether oxygens (including phenoxy) is 1. The predicted octanol–water partition coefficient (Wildman–Crippen LogP) is 1.85. The second-order valence-corrected chi connectivity index (χ2v) is 3.43. The molecule has 0 aromatic carbocycles. The van der Waals surface area contributed by atoms with Crippen molar-refractivity contribution >= 4 is 0 Å². The number of allylic oxidation sites excluding steroid dienone is 5. The summed E-state index contributed by atoms with van der Waals surface area (Å²) in [6.45, 7) is 0. The van der Waals surface area contributed by atoms with Gasteiger partial charge in [-0.25, -0.2) is 0 Å². The lowest BCUT2D eigenvalue weighted by Gasteiger charge is -2.01. The molecular formula is C10H6O. The number of rotatable bonds is 0. The van der Waals surface area contributed by atoms with Crippen molar-refractivity contribution in [1.29, 1.82) is 0 Å². The molecule has 0 aromatic rings. The highest BCUT2D eigenvalue weighted by atomic mass is 16.6. The van der Waals surface area contributed by atoms with Gasteiger partial charge in [0.2, 0.25) is 0 Å². The van der Waals surface area contributed by atoms with Crippen LogP contribution in [0.15, 0.2) is 46.3 Å². The van der Waals surface area contributed by atoms with E-state index in [-0.39, 0.29) is 0 Å². The van der Waals surface area contributed by atoms with E-state index in [0.29, 0.717) is 6.10 Å². The normalized spacial score (nSPS) is 34.2. The van der Waals surface area contributed by atoms with Crippen molar-refractivity contribution in [2.24, 2.45) is 0 Å². The Bertz CT molecular complexity index is 405. The van der Waals surface area contributed by atoms with Crippen LogP contribution in [0.5, 0.6) is 0 Å². The highest BCUT2D eigenvalue weighted by Crippen LogP contribution is 2.54. The Kier molecular flexibility index (Phi) is 0.466. The van der Waals surface area contributed by atoms with Gasteiger partial charge >= 0.3 is 0 Å². The van der Waals surface area contributed by atoms with Crippen molar-refractivity contribution in [3.05, 3.63) is 46.3 Å². The predicted molar refractivity (Wildman–Crippen MR) is 40.8 cm³/mol. The zero-order valence-corrected chi connectivity index (χ0v) is 5.92. The average Bonchev–Trinajstić information content (AvgIpc) is 2.53. The summed E-state index contributed by atoms with van der Waals surface area (Å²) in [6, 6.07) is 0. The van der Waals surface area contributed by atoms with E-state index in [2.05, 4.69) is 18.2 Å². The van der Waals surface area contributed by atoms with Crippen LogP contribution >= 0.6 is 0 Å². The molecule has 1 heteroatoms. The maximum atomic E-state index is 5.35. The summed E-state index contributed by atoms with van der Waals surface area (Å²) in [5, 5.41) is 0. The Morgan fingerprint density at radius 1 is 1.27 bits per heavy atom. The molecule has 0 amide bonds. The van der Waals surface area contributed by atoms with Gasteiger partial charge in [0, 0.05) is 5.57 Å². The van der Waals surface area contributed by atoms with Gasteiger partial charge in [0.1, 0.15) is 5.76 Å². The van der Waals surface area contributed by atoms with Crippen LogP contribution in [0, 0.1) is 0 Å². The van der Waals surface area contributed by atoms with Gasteiger partial charge in [-0.1, -0.05) is 12.2 Å². The maximum Gasteiger partial charge on any atom is 0.181 e. The number of hydrogen-bond donors (Lipinski definition) is 0. The highest BCUT2D eigenvalue weighted by Gasteiger charge is 2.48. The first-order chi connectivity index (χ1) is 5.43. The molecule has 1 atom stereocenters. The van der Waals surface area contributed by atoms with Gasteiger partial charge in [0.25, 0.3) is 0 Å². The topological polar surface area (TPSA) is 12.5 Å². The van der Waals surface area contributed by atoms with Crippen LogP contribution in [0.4, 0.5) is 0 Å². The first-order valence-electron chi connectivity index (χ1n) is 3.96. The maximum absolute atomic E-state index is 5.35. The zero-order valence-electron chi connectivity index (χ0n) is 5.92. The second kappa shape index (κ2) is 1.11. The minimum Gasteiger partial charge on any atom is -0.478 e. The molecule has 4 aliphatic rings. The SMILES string of the molecule is C1=CC2=C3C(=C1C2)C=C1OC13. The van der Waals surface area contributed by atoms with E-state index >= 15 is 0 Å². The van der Waals surface area contributed by atoms with Crippen molar-refractivity contribution in [2.45, 2.75) is 12.5 Å². The lowest BCUT2D eigenvalue weighted by molar-refractivity contribution is 0.452. The molecule has 0 spiro atoms. The number of fused-ring (bicyclic) bond motifs is 5. The first kappa shape index (κ1) is 4.60. The van der Waals surface area contributed by atoms with Crippen LogP contribution in [0.25, 0.3) is 0 Å². The fourth-order valence-corrected chi connectivity index (χ4v) is 2.28. The van der Waals surface area contributed by atoms with E-state index in [1.807, 2.05) is 0 Å². The van der Waals surface area contributed by atoms with Crippen LogP contribution < -0.4 is 0 Å². The van der Waals surface area contributed by atoms with E-state index in [0.717, 1.165) is 6.42 Å². The lowest BCUT2D eigenvalue weighted by atomic mass is 10.0. The second-order valence-electron chi connectivity index (χ2n) is 3.43.